The van der Waals surface area contributed by atoms with Crippen LogP contribution in [0.2, 0.25) is 0 Å². The molecule has 4 rings (SSSR count). The fourth-order valence-electron chi connectivity index (χ4n) is 4.00. The van der Waals surface area contributed by atoms with Gasteiger partial charge >= 0.3 is 12.1 Å². The predicted molar refractivity (Wildman–Crippen MR) is 119 cm³/mol. The number of hydrogen-bond donors (Lipinski definition) is 2. The summed E-state index contributed by atoms with van der Waals surface area (Å²) in [5, 5.41) is 16.0. The lowest BCUT2D eigenvalue weighted by Crippen LogP contribution is -2.30. The number of halogens is 4. The molecule has 0 spiro atoms. The number of carboxylic acid groups (broad SMARTS) is 1. The molecule has 2 aromatic carbocycles. The zero-order chi connectivity index (χ0) is 26.1. The molecular weight excluding hydrogens is 506 g/mol. The number of hydrogen-bond acceptors (Lipinski definition) is 6. The minimum absolute atomic E-state index is 0.0327. The average Bonchev–Trinajstić information content (AvgIpc) is 3.21. The van der Waals surface area contributed by atoms with E-state index >= 15 is 0 Å². The minimum Gasteiger partial charge on any atom is -0.480 e. The van der Waals surface area contributed by atoms with E-state index in [1.807, 2.05) is 0 Å². The van der Waals surface area contributed by atoms with Crippen LogP contribution in [-0.2, 0) is 33.8 Å². The van der Waals surface area contributed by atoms with E-state index in [1.54, 1.807) is 0 Å². The highest BCUT2D eigenvalue weighted by atomic mass is 32.2. The number of alkyl halides is 3. The highest BCUT2D eigenvalue weighted by Gasteiger charge is 2.33. The molecule has 1 atom stereocenters. The third kappa shape index (κ3) is 5.85. The third-order valence-corrected chi connectivity index (χ3v) is 7.18. The van der Waals surface area contributed by atoms with Crippen LogP contribution in [-0.4, -0.2) is 35.2 Å². The Bertz CT molecular complexity index is 1370. The van der Waals surface area contributed by atoms with Gasteiger partial charge in [0.25, 0.3) is 0 Å². The first-order valence-electron chi connectivity index (χ1n) is 10.8. The molecule has 1 heterocycles. The Morgan fingerprint density at radius 3 is 2.56 bits per heavy atom. The van der Waals surface area contributed by atoms with Gasteiger partial charge < -0.3 is 9.84 Å². The van der Waals surface area contributed by atoms with Gasteiger partial charge in [-0.3, -0.25) is 14.8 Å². The quantitative estimate of drug-likeness (QED) is 0.420. The monoisotopic (exact) mass is 527 g/mol. The van der Waals surface area contributed by atoms with E-state index in [9.17, 15) is 30.8 Å². The van der Waals surface area contributed by atoms with Crippen molar-refractivity contribution in [3.63, 3.8) is 0 Å². The molecule has 0 aliphatic heterocycles. The normalized spacial score (nSPS) is 15.9. The number of rotatable bonds is 8. The van der Waals surface area contributed by atoms with E-state index in [1.165, 1.54) is 23.0 Å². The lowest BCUT2D eigenvalue weighted by molar-refractivity contribution is -0.138. The SMILES string of the molecule is O=C(O)Cn1ncc2c1CCC[C@H]2NCS(=O)(=O)c1cc(Oc2ccc(F)cc2)cc(C(F)(F)F)c1. The predicted octanol–water partition coefficient (Wildman–Crippen LogP) is 4.32. The minimum atomic E-state index is -4.84. The van der Waals surface area contributed by atoms with Crippen LogP contribution in [0.3, 0.4) is 0 Å². The summed E-state index contributed by atoms with van der Waals surface area (Å²) in [6.45, 7) is -0.332. The second kappa shape index (κ2) is 9.90. The Balaban J connectivity index is 1.58. The number of fused-ring (bicyclic) bond motifs is 1. The summed E-state index contributed by atoms with van der Waals surface area (Å²) in [4.78, 5) is 10.4. The van der Waals surface area contributed by atoms with Gasteiger partial charge in [-0.2, -0.15) is 18.3 Å². The molecule has 1 aliphatic rings. The molecule has 0 amide bonds. The van der Waals surface area contributed by atoms with E-state index in [0.717, 1.165) is 18.2 Å². The molecule has 0 saturated carbocycles. The number of nitrogens with one attached hydrogen (secondary N) is 1. The molecule has 3 aromatic rings. The van der Waals surface area contributed by atoms with Gasteiger partial charge in [-0.15, -0.1) is 0 Å². The van der Waals surface area contributed by atoms with Gasteiger partial charge in [0.2, 0.25) is 0 Å². The van der Waals surface area contributed by atoms with Crippen LogP contribution in [0.25, 0.3) is 0 Å². The third-order valence-electron chi connectivity index (χ3n) is 5.68. The van der Waals surface area contributed by atoms with Crippen LogP contribution >= 0.6 is 0 Å². The molecule has 1 aromatic heterocycles. The second-order valence-electron chi connectivity index (χ2n) is 8.25. The van der Waals surface area contributed by atoms with Crippen molar-refractivity contribution in [3.05, 3.63) is 71.3 Å². The fraction of sp³-hybridized carbons (Fsp3) is 0.304. The summed E-state index contributed by atoms with van der Waals surface area (Å²) >= 11 is 0. The number of aromatic nitrogens is 2. The van der Waals surface area contributed by atoms with Gasteiger partial charge in [0, 0.05) is 17.3 Å². The number of sulfone groups is 1. The van der Waals surface area contributed by atoms with Crippen LogP contribution in [0.1, 0.15) is 35.7 Å². The van der Waals surface area contributed by atoms with Crippen LogP contribution in [0.5, 0.6) is 11.5 Å². The maximum atomic E-state index is 13.5. The molecule has 1 aliphatic carbocycles. The van der Waals surface area contributed by atoms with E-state index in [4.69, 9.17) is 9.84 Å². The number of nitrogens with zero attached hydrogens (tertiary/aromatic N) is 2. The maximum Gasteiger partial charge on any atom is 0.416 e. The number of carboxylic acids is 1. The molecule has 2 N–H and O–H groups in total. The van der Waals surface area contributed by atoms with Crippen LogP contribution < -0.4 is 10.1 Å². The van der Waals surface area contributed by atoms with Crippen molar-refractivity contribution in [2.45, 2.75) is 42.9 Å². The highest BCUT2D eigenvalue weighted by Crippen LogP contribution is 2.36. The van der Waals surface area contributed by atoms with Crippen LogP contribution in [0.4, 0.5) is 17.6 Å². The molecule has 0 unspecified atom stereocenters. The first kappa shape index (κ1) is 25.6. The molecule has 0 radical (unpaired) electrons. The largest absolute Gasteiger partial charge is 0.480 e. The second-order valence-corrected chi connectivity index (χ2v) is 10.2. The van der Waals surface area contributed by atoms with Gasteiger partial charge in [0.05, 0.1) is 16.7 Å². The van der Waals surface area contributed by atoms with Gasteiger partial charge in [-0.25, -0.2) is 12.8 Å². The Morgan fingerprint density at radius 1 is 1.17 bits per heavy atom. The summed E-state index contributed by atoms with van der Waals surface area (Å²) in [6, 6.07) is 6.24. The summed E-state index contributed by atoms with van der Waals surface area (Å²) in [5.74, 6) is -2.64. The maximum absolute atomic E-state index is 13.5. The first-order valence-corrected chi connectivity index (χ1v) is 12.5. The lowest BCUT2D eigenvalue weighted by atomic mass is 9.93. The molecular formula is C23H21F4N3O5S. The van der Waals surface area contributed by atoms with Gasteiger partial charge in [0.15, 0.2) is 9.84 Å². The summed E-state index contributed by atoms with van der Waals surface area (Å²) < 4.78 is 86.4. The van der Waals surface area contributed by atoms with Crippen molar-refractivity contribution in [1.29, 1.82) is 0 Å². The average molecular weight is 527 g/mol. The molecule has 192 valence electrons. The first-order chi connectivity index (χ1) is 16.9. The van der Waals surface area contributed by atoms with Gasteiger partial charge in [-0.05, 0) is 61.7 Å². The smallest absolute Gasteiger partial charge is 0.416 e. The van der Waals surface area contributed by atoms with Crippen molar-refractivity contribution >= 4 is 15.8 Å². The van der Waals surface area contributed by atoms with E-state index < -0.39 is 50.2 Å². The molecule has 0 saturated heterocycles. The van der Waals surface area contributed by atoms with Gasteiger partial charge in [0.1, 0.15) is 29.7 Å². The molecule has 0 bridgehead atoms. The lowest BCUT2D eigenvalue weighted by Gasteiger charge is -2.24. The van der Waals surface area contributed by atoms with Gasteiger partial charge in [-0.1, -0.05) is 0 Å². The number of aliphatic carboxylic acids is 1. The number of carbonyl (C=O) groups is 1. The van der Waals surface area contributed by atoms with E-state index in [0.29, 0.717) is 42.7 Å². The number of benzene rings is 2. The van der Waals surface area contributed by atoms with E-state index in [2.05, 4.69) is 10.4 Å². The van der Waals surface area contributed by atoms with Crippen molar-refractivity contribution in [2.24, 2.45) is 0 Å². The Hall–Kier alpha value is -3.45. The fourth-order valence-corrected chi connectivity index (χ4v) is 5.19. The molecule has 13 heteroatoms. The zero-order valence-corrected chi connectivity index (χ0v) is 19.4. The number of ether oxygens (including phenoxy) is 1. The zero-order valence-electron chi connectivity index (χ0n) is 18.6. The highest BCUT2D eigenvalue weighted by molar-refractivity contribution is 7.91. The van der Waals surface area contributed by atoms with Crippen molar-refractivity contribution in [1.82, 2.24) is 15.1 Å². The molecule has 36 heavy (non-hydrogen) atoms. The molecule has 0 fully saturated rings. The Morgan fingerprint density at radius 2 is 1.89 bits per heavy atom. The molecule has 8 nitrogen and oxygen atoms in total. The standard InChI is InChI=1S/C23H21F4N3O5S/c24-15-4-6-16(7-5-15)35-17-8-14(23(25,26)27)9-18(10-17)36(33,34)13-28-20-2-1-3-21-19(20)11-29-30(21)12-22(31)32/h4-11,20,28H,1-3,12-13H2,(H,31,32)/t20-/m1/s1. The van der Waals surface area contributed by atoms with Crippen molar-refractivity contribution in [3.8, 4) is 11.5 Å². The summed E-state index contributed by atoms with van der Waals surface area (Å²) in [6.07, 6.45) is -1.60. The van der Waals surface area contributed by atoms with Crippen molar-refractivity contribution in [2.75, 3.05) is 5.88 Å². The van der Waals surface area contributed by atoms with Crippen LogP contribution in [0, 0.1) is 5.82 Å². The Labute approximate surface area is 203 Å². The van der Waals surface area contributed by atoms with Crippen molar-refractivity contribution < 1.29 is 40.6 Å². The summed E-state index contributed by atoms with van der Waals surface area (Å²) in [5.41, 5.74) is 0.116. The Kier molecular flexibility index (Phi) is 7.05. The topological polar surface area (TPSA) is 111 Å². The van der Waals surface area contributed by atoms with E-state index in [-0.39, 0.29) is 18.0 Å². The van der Waals surface area contributed by atoms with Crippen LogP contribution in [0.15, 0.2) is 53.6 Å². The summed E-state index contributed by atoms with van der Waals surface area (Å²) in [7, 11) is -4.25.